The molecule has 1 heteroatoms. The lowest BCUT2D eigenvalue weighted by atomic mass is 9.57. The maximum atomic E-state index is 4.15. The van der Waals surface area contributed by atoms with Gasteiger partial charge in [-0.05, 0) is 74.0 Å². The zero-order valence-corrected chi connectivity index (χ0v) is 11.5. The highest BCUT2D eigenvalue weighted by Crippen LogP contribution is 2.66. The largest absolute Gasteiger partial charge is 0.310 e. The van der Waals surface area contributed by atoms with E-state index in [2.05, 4.69) is 5.32 Å². The van der Waals surface area contributed by atoms with E-state index >= 15 is 0 Å². The van der Waals surface area contributed by atoms with Crippen molar-refractivity contribution >= 4 is 0 Å². The number of rotatable bonds is 2. The van der Waals surface area contributed by atoms with E-state index in [1.54, 1.807) is 38.5 Å². The van der Waals surface area contributed by atoms with Gasteiger partial charge in [-0.2, -0.15) is 0 Å². The molecule has 1 nitrogen and oxygen atoms in total. The van der Waals surface area contributed by atoms with E-state index in [1.807, 2.05) is 0 Å². The van der Waals surface area contributed by atoms with Gasteiger partial charge in [0.05, 0.1) is 0 Å². The summed E-state index contributed by atoms with van der Waals surface area (Å²) in [5.41, 5.74) is 0.772. The van der Waals surface area contributed by atoms with Gasteiger partial charge in [0.1, 0.15) is 0 Å². The standard InChI is InChI=1S/C17H27N/c1-2-7-17(8-3-1)9-6-13(17)18-16-14-11-4-5-12(10-11)15(14)16/h11-16,18H,1-10H2. The van der Waals surface area contributed by atoms with Crippen LogP contribution in [-0.4, -0.2) is 12.1 Å². The molecule has 1 spiro atoms. The lowest BCUT2D eigenvalue weighted by Gasteiger charge is -2.53. The van der Waals surface area contributed by atoms with Gasteiger partial charge < -0.3 is 5.32 Å². The van der Waals surface area contributed by atoms with Crippen molar-refractivity contribution in [2.75, 3.05) is 0 Å². The first-order valence-corrected chi connectivity index (χ1v) is 8.63. The molecule has 0 heterocycles. The van der Waals surface area contributed by atoms with E-state index in [4.69, 9.17) is 0 Å². The quantitative estimate of drug-likeness (QED) is 0.781. The fourth-order valence-electron chi connectivity index (χ4n) is 6.59. The minimum atomic E-state index is 0.772. The summed E-state index contributed by atoms with van der Waals surface area (Å²) in [4.78, 5) is 0. The van der Waals surface area contributed by atoms with Crippen LogP contribution in [0.2, 0.25) is 0 Å². The summed E-state index contributed by atoms with van der Waals surface area (Å²) in [6.45, 7) is 0. The molecule has 0 aliphatic heterocycles. The van der Waals surface area contributed by atoms with Gasteiger partial charge in [-0.1, -0.05) is 19.3 Å². The first-order valence-electron chi connectivity index (χ1n) is 8.63. The van der Waals surface area contributed by atoms with Crippen LogP contribution in [-0.2, 0) is 0 Å². The van der Waals surface area contributed by atoms with Crippen molar-refractivity contribution in [3.63, 3.8) is 0 Å². The van der Waals surface area contributed by atoms with Crippen LogP contribution in [0.3, 0.4) is 0 Å². The second kappa shape index (κ2) is 3.53. The molecular formula is C17H27N. The molecule has 5 aliphatic carbocycles. The van der Waals surface area contributed by atoms with Crippen molar-refractivity contribution < 1.29 is 0 Å². The van der Waals surface area contributed by atoms with Gasteiger partial charge in [0.2, 0.25) is 0 Å². The summed E-state index contributed by atoms with van der Waals surface area (Å²) in [5, 5.41) is 4.15. The monoisotopic (exact) mass is 245 g/mol. The van der Waals surface area contributed by atoms with Crippen molar-refractivity contribution in [3.8, 4) is 0 Å². The third kappa shape index (κ3) is 1.27. The molecule has 2 bridgehead atoms. The molecule has 0 aromatic rings. The molecule has 0 saturated heterocycles. The molecule has 5 rings (SSSR count). The maximum absolute atomic E-state index is 4.15. The van der Waals surface area contributed by atoms with Crippen molar-refractivity contribution in [1.82, 2.24) is 5.32 Å². The highest BCUT2D eigenvalue weighted by atomic mass is 15.1. The molecule has 0 amide bonds. The van der Waals surface area contributed by atoms with Crippen molar-refractivity contribution in [2.45, 2.75) is 76.3 Å². The Morgan fingerprint density at radius 2 is 1.50 bits per heavy atom. The smallest absolute Gasteiger partial charge is 0.0138 e. The van der Waals surface area contributed by atoms with Gasteiger partial charge in [0.25, 0.3) is 0 Å². The number of nitrogens with one attached hydrogen (secondary N) is 1. The third-order valence-corrected chi connectivity index (χ3v) is 7.65. The lowest BCUT2D eigenvalue weighted by molar-refractivity contribution is 0.0196. The van der Waals surface area contributed by atoms with Crippen molar-refractivity contribution in [1.29, 1.82) is 0 Å². The highest BCUT2D eigenvalue weighted by Gasteiger charge is 2.66. The average molecular weight is 245 g/mol. The molecule has 5 saturated carbocycles. The van der Waals surface area contributed by atoms with E-state index < -0.39 is 0 Å². The van der Waals surface area contributed by atoms with Crippen LogP contribution in [0, 0.1) is 29.1 Å². The molecule has 1 N–H and O–H groups in total. The molecule has 0 aromatic heterocycles. The third-order valence-electron chi connectivity index (χ3n) is 7.65. The number of hydrogen-bond acceptors (Lipinski definition) is 1. The summed E-state index contributed by atoms with van der Waals surface area (Å²) in [7, 11) is 0. The second-order valence-electron chi connectivity index (χ2n) is 8.19. The van der Waals surface area contributed by atoms with Crippen LogP contribution >= 0.6 is 0 Å². The SMILES string of the molecule is C1CCC2(CC1)CCC2NC1C2C3CCC(C3)C12. The summed E-state index contributed by atoms with van der Waals surface area (Å²) in [6.07, 6.45) is 15.4. The minimum absolute atomic E-state index is 0.772. The van der Waals surface area contributed by atoms with E-state index in [1.165, 1.54) is 25.7 Å². The molecule has 5 aliphatic rings. The Morgan fingerprint density at radius 1 is 0.778 bits per heavy atom. The van der Waals surface area contributed by atoms with Gasteiger partial charge in [-0.15, -0.1) is 0 Å². The predicted octanol–water partition coefficient (Wildman–Crippen LogP) is 3.73. The van der Waals surface area contributed by atoms with E-state index in [0.29, 0.717) is 0 Å². The van der Waals surface area contributed by atoms with Gasteiger partial charge in [-0.25, -0.2) is 0 Å². The Bertz CT molecular complexity index is 341. The predicted molar refractivity (Wildman–Crippen MR) is 73.3 cm³/mol. The van der Waals surface area contributed by atoms with Gasteiger partial charge >= 0.3 is 0 Å². The Labute approximate surface area is 111 Å². The average Bonchev–Trinajstić information content (AvgIpc) is 2.79. The van der Waals surface area contributed by atoms with E-state index in [-0.39, 0.29) is 0 Å². The fraction of sp³-hybridized carbons (Fsp3) is 1.00. The Hall–Kier alpha value is -0.0400. The summed E-state index contributed by atoms with van der Waals surface area (Å²) in [5.74, 6) is 4.54. The topological polar surface area (TPSA) is 12.0 Å². The zero-order chi connectivity index (χ0) is 11.7. The molecular weight excluding hydrogens is 218 g/mol. The van der Waals surface area contributed by atoms with Crippen LogP contribution in [0.15, 0.2) is 0 Å². The first-order chi connectivity index (χ1) is 8.87. The van der Waals surface area contributed by atoms with Crippen LogP contribution < -0.4 is 5.32 Å². The Balaban J connectivity index is 1.26. The van der Waals surface area contributed by atoms with Crippen LogP contribution in [0.1, 0.15) is 64.2 Å². The zero-order valence-electron chi connectivity index (χ0n) is 11.5. The first kappa shape index (κ1) is 10.7. The van der Waals surface area contributed by atoms with Crippen molar-refractivity contribution in [3.05, 3.63) is 0 Å². The van der Waals surface area contributed by atoms with Gasteiger partial charge in [0.15, 0.2) is 0 Å². The lowest BCUT2D eigenvalue weighted by Crippen LogP contribution is -2.55. The molecule has 100 valence electrons. The normalized spacial score (nSPS) is 55.3. The number of hydrogen-bond donors (Lipinski definition) is 1. The molecule has 5 fully saturated rings. The van der Waals surface area contributed by atoms with Gasteiger partial charge in [-0.3, -0.25) is 0 Å². The summed E-state index contributed by atoms with van der Waals surface area (Å²) < 4.78 is 0. The van der Waals surface area contributed by atoms with Crippen LogP contribution in [0.4, 0.5) is 0 Å². The summed E-state index contributed by atoms with van der Waals surface area (Å²) in [6, 6.07) is 1.90. The second-order valence-corrected chi connectivity index (χ2v) is 8.19. The Kier molecular flexibility index (Phi) is 2.10. The molecule has 0 aromatic carbocycles. The molecule has 5 atom stereocenters. The number of fused-ring (bicyclic) bond motifs is 5. The summed E-state index contributed by atoms with van der Waals surface area (Å²) >= 11 is 0. The molecule has 18 heavy (non-hydrogen) atoms. The minimum Gasteiger partial charge on any atom is -0.310 e. The molecule has 0 radical (unpaired) electrons. The fourth-order valence-corrected chi connectivity index (χ4v) is 6.59. The van der Waals surface area contributed by atoms with Crippen LogP contribution in [0.25, 0.3) is 0 Å². The van der Waals surface area contributed by atoms with E-state index in [9.17, 15) is 0 Å². The van der Waals surface area contributed by atoms with Crippen LogP contribution in [0.5, 0.6) is 0 Å². The molecule has 5 unspecified atom stereocenters. The Morgan fingerprint density at radius 3 is 2.11 bits per heavy atom. The van der Waals surface area contributed by atoms with Crippen molar-refractivity contribution in [2.24, 2.45) is 29.1 Å². The van der Waals surface area contributed by atoms with Gasteiger partial charge in [0, 0.05) is 12.1 Å². The van der Waals surface area contributed by atoms with E-state index in [0.717, 1.165) is 41.2 Å². The maximum Gasteiger partial charge on any atom is 0.0138 e. The highest BCUT2D eigenvalue weighted by molar-refractivity contribution is 5.18.